The van der Waals surface area contributed by atoms with Crippen molar-refractivity contribution in [2.24, 2.45) is 0 Å². The van der Waals surface area contributed by atoms with Crippen molar-refractivity contribution in [3.8, 4) is 0 Å². The zero-order valence-corrected chi connectivity index (χ0v) is 6.37. The molecule has 0 amide bonds. The van der Waals surface area contributed by atoms with Gasteiger partial charge in [0.15, 0.2) is 5.69 Å². The lowest BCUT2D eigenvalue weighted by Crippen LogP contribution is -2.03. The van der Waals surface area contributed by atoms with E-state index in [-0.39, 0.29) is 5.69 Å². The van der Waals surface area contributed by atoms with E-state index in [2.05, 4.69) is 10.3 Å². The summed E-state index contributed by atoms with van der Waals surface area (Å²) in [5.41, 5.74) is 1.91. The highest BCUT2D eigenvalue weighted by Crippen LogP contribution is 2.23. The minimum atomic E-state index is -0.949. The number of anilines is 1. The molecule has 1 aromatic rings. The second-order valence-electron chi connectivity index (χ2n) is 2.67. The normalized spacial score (nSPS) is 13.7. The molecule has 0 unspecified atom stereocenters. The predicted octanol–water partition coefficient (Wildman–Crippen LogP) is 0.748. The third-order valence-corrected chi connectivity index (χ3v) is 1.95. The minimum Gasteiger partial charge on any atom is -0.477 e. The summed E-state index contributed by atoms with van der Waals surface area (Å²) >= 11 is 0. The molecule has 4 heteroatoms. The first-order valence-corrected chi connectivity index (χ1v) is 3.74. The van der Waals surface area contributed by atoms with Crippen LogP contribution in [0.2, 0.25) is 0 Å². The smallest absolute Gasteiger partial charge is 0.354 e. The molecule has 0 saturated carbocycles. The Kier molecular flexibility index (Phi) is 1.46. The Morgan fingerprint density at radius 2 is 2.50 bits per heavy atom. The van der Waals surface area contributed by atoms with Gasteiger partial charge < -0.3 is 10.4 Å². The average Bonchev–Trinajstić information content (AvgIpc) is 2.49. The Bertz CT molecular complexity index is 336. The molecule has 0 spiro atoms. The monoisotopic (exact) mass is 164 g/mol. The topological polar surface area (TPSA) is 62.2 Å². The van der Waals surface area contributed by atoms with E-state index in [9.17, 15) is 4.79 Å². The highest BCUT2D eigenvalue weighted by Gasteiger charge is 2.18. The summed E-state index contributed by atoms with van der Waals surface area (Å²) < 4.78 is 0. The maximum absolute atomic E-state index is 10.7. The Morgan fingerprint density at radius 1 is 1.67 bits per heavy atom. The predicted molar refractivity (Wildman–Crippen MR) is 43.4 cm³/mol. The van der Waals surface area contributed by atoms with Gasteiger partial charge in [-0.1, -0.05) is 0 Å². The molecular formula is C8H8N2O2. The molecule has 4 nitrogen and oxygen atoms in total. The number of rotatable bonds is 1. The number of carboxylic acid groups (broad SMARTS) is 1. The van der Waals surface area contributed by atoms with Gasteiger partial charge in [-0.05, 0) is 12.5 Å². The number of nitrogens with zero attached hydrogens (tertiary/aromatic N) is 1. The highest BCUT2D eigenvalue weighted by molar-refractivity contribution is 5.89. The fraction of sp³-hybridized carbons (Fsp3) is 0.250. The summed E-state index contributed by atoms with van der Waals surface area (Å²) in [5.74, 6) is -0.949. The fourth-order valence-corrected chi connectivity index (χ4v) is 1.42. The van der Waals surface area contributed by atoms with Crippen LogP contribution >= 0.6 is 0 Å². The van der Waals surface area contributed by atoms with E-state index in [1.54, 1.807) is 6.07 Å². The largest absolute Gasteiger partial charge is 0.477 e. The number of aromatic nitrogens is 1. The van der Waals surface area contributed by atoms with Crippen molar-refractivity contribution in [3.63, 3.8) is 0 Å². The van der Waals surface area contributed by atoms with E-state index < -0.39 is 5.97 Å². The zero-order chi connectivity index (χ0) is 8.55. The minimum absolute atomic E-state index is 0.178. The number of fused-ring (bicyclic) bond motifs is 1. The number of hydrogen-bond acceptors (Lipinski definition) is 3. The van der Waals surface area contributed by atoms with Crippen molar-refractivity contribution in [1.82, 2.24) is 4.98 Å². The Labute approximate surface area is 69.2 Å². The van der Waals surface area contributed by atoms with Gasteiger partial charge in [-0.25, -0.2) is 9.78 Å². The number of hydrogen-bond donors (Lipinski definition) is 2. The standard InChI is InChI=1S/C8H8N2O2/c11-8(12)7-5-1-3-9-6(5)2-4-10-7/h2,4,9H,1,3H2,(H,11,12). The molecule has 62 valence electrons. The van der Waals surface area contributed by atoms with Gasteiger partial charge in [0.2, 0.25) is 0 Å². The van der Waals surface area contributed by atoms with E-state index in [0.717, 1.165) is 24.2 Å². The summed E-state index contributed by atoms with van der Waals surface area (Å²) in [6.45, 7) is 0.807. The van der Waals surface area contributed by atoms with E-state index in [0.29, 0.717) is 0 Å². The van der Waals surface area contributed by atoms with Crippen molar-refractivity contribution in [1.29, 1.82) is 0 Å². The van der Waals surface area contributed by atoms with Gasteiger partial charge in [-0.2, -0.15) is 0 Å². The number of carbonyl (C=O) groups is 1. The van der Waals surface area contributed by atoms with Crippen molar-refractivity contribution in [2.75, 3.05) is 11.9 Å². The van der Waals surface area contributed by atoms with Crippen LogP contribution in [-0.4, -0.2) is 22.6 Å². The van der Waals surface area contributed by atoms with Gasteiger partial charge in [0.05, 0.1) is 0 Å². The van der Waals surface area contributed by atoms with Crippen molar-refractivity contribution >= 4 is 11.7 Å². The summed E-state index contributed by atoms with van der Waals surface area (Å²) in [6, 6.07) is 1.80. The Morgan fingerprint density at radius 3 is 3.25 bits per heavy atom. The van der Waals surface area contributed by atoms with Crippen molar-refractivity contribution in [3.05, 3.63) is 23.5 Å². The lowest BCUT2D eigenvalue weighted by atomic mass is 10.1. The second kappa shape index (κ2) is 2.48. The molecule has 0 fully saturated rings. The molecule has 0 aromatic carbocycles. The third kappa shape index (κ3) is 0.922. The average molecular weight is 164 g/mol. The maximum atomic E-state index is 10.7. The Balaban J connectivity index is 2.56. The van der Waals surface area contributed by atoms with Crippen LogP contribution in [0.25, 0.3) is 0 Å². The molecule has 0 bridgehead atoms. The number of pyridine rings is 1. The van der Waals surface area contributed by atoms with Crippen LogP contribution < -0.4 is 5.32 Å². The second-order valence-corrected chi connectivity index (χ2v) is 2.67. The number of aromatic carboxylic acids is 1. The van der Waals surface area contributed by atoms with Crippen LogP contribution in [0.1, 0.15) is 16.1 Å². The lowest BCUT2D eigenvalue weighted by molar-refractivity contribution is 0.0689. The maximum Gasteiger partial charge on any atom is 0.354 e. The third-order valence-electron chi connectivity index (χ3n) is 1.95. The molecule has 1 aromatic heterocycles. The van der Waals surface area contributed by atoms with Gasteiger partial charge in [-0.3, -0.25) is 0 Å². The van der Waals surface area contributed by atoms with Crippen LogP contribution in [0.3, 0.4) is 0 Å². The molecule has 0 aliphatic carbocycles. The van der Waals surface area contributed by atoms with E-state index >= 15 is 0 Å². The van der Waals surface area contributed by atoms with Gasteiger partial charge in [0, 0.05) is 24.0 Å². The first-order valence-electron chi connectivity index (χ1n) is 3.74. The van der Waals surface area contributed by atoms with Gasteiger partial charge in [0.1, 0.15) is 0 Å². The number of nitrogens with one attached hydrogen (secondary N) is 1. The molecule has 0 radical (unpaired) electrons. The molecule has 12 heavy (non-hydrogen) atoms. The summed E-state index contributed by atoms with van der Waals surface area (Å²) in [6.07, 6.45) is 2.27. The molecule has 0 atom stereocenters. The van der Waals surface area contributed by atoms with Crippen molar-refractivity contribution < 1.29 is 9.90 Å². The fourth-order valence-electron chi connectivity index (χ4n) is 1.42. The first-order chi connectivity index (χ1) is 5.79. The summed E-state index contributed by atoms with van der Waals surface area (Å²) in [4.78, 5) is 14.5. The number of carboxylic acids is 1. The van der Waals surface area contributed by atoms with Gasteiger partial charge >= 0.3 is 5.97 Å². The van der Waals surface area contributed by atoms with Crippen LogP contribution in [0.4, 0.5) is 5.69 Å². The van der Waals surface area contributed by atoms with Crippen LogP contribution in [-0.2, 0) is 6.42 Å². The molecule has 0 saturated heterocycles. The van der Waals surface area contributed by atoms with E-state index in [4.69, 9.17) is 5.11 Å². The summed E-state index contributed by atoms with van der Waals surface area (Å²) in [5, 5.41) is 11.9. The molecule has 2 rings (SSSR count). The molecular weight excluding hydrogens is 156 g/mol. The van der Waals surface area contributed by atoms with E-state index in [1.165, 1.54) is 6.20 Å². The molecule has 1 aliphatic heterocycles. The quantitative estimate of drug-likeness (QED) is 0.642. The zero-order valence-electron chi connectivity index (χ0n) is 6.37. The lowest BCUT2D eigenvalue weighted by Gasteiger charge is -2.00. The summed E-state index contributed by atoms with van der Waals surface area (Å²) in [7, 11) is 0. The SMILES string of the molecule is O=C(O)c1nccc2c1CCN2. The van der Waals surface area contributed by atoms with Crippen molar-refractivity contribution in [2.45, 2.75) is 6.42 Å². The van der Waals surface area contributed by atoms with Crippen LogP contribution in [0.15, 0.2) is 12.3 Å². The molecule has 2 N–H and O–H groups in total. The first kappa shape index (κ1) is 7.09. The molecule has 1 aliphatic rings. The Hall–Kier alpha value is -1.58. The molecule has 2 heterocycles. The van der Waals surface area contributed by atoms with Gasteiger partial charge in [0.25, 0.3) is 0 Å². The van der Waals surface area contributed by atoms with Gasteiger partial charge in [-0.15, -0.1) is 0 Å². The highest BCUT2D eigenvalue weighted by atomic mass is 16.4. The van der Waals surface area contributed by atoms with E-state index in [1.807, 2.05) is 0 Å². The van der Waals surface area contributed by atoms with Crippen LogP contribution in [0, 0.1) is 0 Å². The van der Waals surface area contributed by atoms with Crippen LogP contribution in [0.5, 0.6) is 0 Å².